The van der Waals surface area contributed by atoms with Gasteiger partial charge < -0.3 is 81.7 Å². The van der Waals surface area contributed by atoms with Crippen molar-refractivity contribution in [3.05, 3.63) is 59.8 Å². The van der Waals surface area contributed by atoms with Gasteiger partial charge in [-0.25, -0.2) is 24.0 Å². The van der Waals surface area contributed by atoms with Crippen molar-refractivity contribution in [1.82, 2.24) is 47.9 Å². The molecule has 0 aromatic heterocycles. The molecular weight excluding hydrogens is 1040 g/mol. The van der Waals surface area contributed by atoms with Crippen molar-refractivity contribution in [3.8, 4) is 22.6 Å². The molecule has 446 valence electrons. The van der Waals surface area contributed by atoms with E-state index in [9.17, 15) is 48.6 Å². The first-order valence-corrected chi connectivity index (χ1v) is 26.6. The first-order chi connectivity index (χ1) is 36.7. The van der Waals surface area contributed by atoms with E-state index in [1.54, 1.807) is 128 Å². The van der Waals surface area contributed by atoms with E-state index in [0.717, 1.165) is 0 Å². The number of ether oxygens (including phenoxy) is 5. The number of phenolic OH excluding ortho intramolecular Hbond substituents is 2. The highest BCUT2D eigenvalue weighted by Gasteiger charge is 2.33. The number of benzene rings is 2. The van der Waals surface area contributed by atoms with E-state index in [0.29, 0.717) is 16.7 Å². The molecule has 0 saturated heterocycles. The van der Waals surface area contributed by atoms with Crippen LogP contribution in [0.4, 0.5) is 24.0 Å². The number of phenols is 2. The number of nitrogens with one attached hydrogen (secondary N) is 9. The van der Waals surface area contributed by atoms with Crippen LogP contribution < -0.4 is 47.9 Å². The zero-order valence-electron chi connectivity index (χ0n) is 49.1. The van der Waals surface area contributed by atoms with Gasteiger partial charge in [0, 0.05) is 44.7 Å². The summed E-state index contributed by atoms with van der Waals surface area (Å²) in [5.74, 6) is -2.51. The van der Waals surface area contributed by atoms with Crippen molar-refractivity contribution in [2.24, 2.45) is 0 Å². The maximum atomic E-state index is 14.6. The fraction of sp³-hybridized carbons (Fsp3) is 0.607. The molecule has 2 aromatic rings. The van der Waals surface area contributed by atoms with Crippen molar-refractivity contribution in [2.45, 2.75) is 194 Å². The number of amides is 8. The lowest BCUT2D eigenvalue weighted by atomic mass is 9.95. The van der Waals surface area contributed by atoms with Crippen molar-refractivity contribution < 1.29 is 72.3 Å². The van der Waals surface area contributed by atoms with Gasteiger partial charge in [0.2, 0.25) is 17.7 Å². The maximum Gasteiger partial charge on any atom is 0.408 e. The lowest BCUT2D eigenvalue weighted by Gasteiger charge is -2.29. The molecule has 2 unspecified atom stereocenters. The molecule has 1 aliphatic rings. The molecular formula is C56H87N9O15. The molecule has 4 atom stereocenters. The van der Waals surface area contributed by atoms with E-state index in [4.69, 9.17) is 23.7 Å². The molecule has 24 heteroatoms. The third-order valence-electron chi connectivity index (χ3n) is 11.0. The number of hydrogen-bond donors (Lipinski definition) is 11. The minimum absolute atomic E-state index is 0.0900. The van der Waals surface area contributed by atoms with Crippen LogP contribution >= 0.6 is 0 Å². The molecule has 0 fully saturated rings. The van der Waals surface area contributed by atoms with Gasteiger partial charge in [-0.15, -0.1) is 0 Å². The summed E-state index contributed by atoms with van der Waals surface area (Å²) in [7, 11) is 0. The van der Waals surface area contributed by atoms with Gasteiger partial charge in [-0.1, -0.05) is 18.7 Å². The summed E-state index contributed by atoms with van der Waals surface area (Å²) in [4.78, 5) is 108. The molecule has 1 aliphatic heterocycles. The van der Waals surface area contributed by atoms with Gasteiger partial charge in [-0.05, 0) is 170 Å². The highest BCUT2D eigenvalue weighted by molar-refractivity contribution is 5.88. The lowest BCUT2D eigenvalue weighted by Crippen LogP contribution is -2.57. The highest BCUT2D eigenvalue weighted by Crippen LogP contribution is 2.31. The fourth-order valence-electron chi connectivity index (χ4n) is 7.61. The number of rotatable bonds is 16. The zero-order chi connectivity index (χ0) is 60.6. The molecule has 0 saturated carbocycles. The van der Waals surface area contributed by atoms with Crippen LogP contribution in [0, 0.1) is 0 Å². The molecule has 0 spiro atoms. The van der Waals surface area contributed by atoms with Crippen LogP contribution in [0.5, 0.6) is 11.5 Å². The second kappa shape index (κ2) is 28.5. The fourth-order valence-corrected chi connectivity index (χ4v) is 7.61. The van der Waals surface area contributed by atoms with Gasteiger partial charge in [-0.3, -0.25) is 14.4 Å². The van der Waals surface area contributed by atoms with Crippen LogP contribution in [0.2, 0.25) is 0 Å². The third-order valence-corrected chi connectivity index (χ3v) is 11.0. The van der Waals surface area contributed by atoms with Gasteiger partial charge in [0.15, 0.2) is 0 Å². The van der Waals surface area contributed by atoms with Gasteiger partial charge in [0.05, 0.1) is 12.1 Å². The molecule has 2 aromatic carbocycles. The topological polar surface area (TPSA) is 331 Å². The van der Waals surface area contributed by atoms with E-state index in [1.165, 1.54) is 12.1 Å². The summed E-state index contributed by atoms with van der Waals surface area (Å²) < 4.78 is 27.1. The second-order valence-corrected chi connectivity index (χ2v) is 24.4. The summed E-state index contributed by atoms with van der Waals surface area (Å²) in [5.41, 5.74) is -2.59. The summed E-state index contributed by atoms with van der Waals surface area (Å²) in [5, 5.41) is 47.0. The van der Waals surface area contributed by atoms with E-state index in [1.807, 2.05) is 0 Å². The summed E-state index contributed by atoms with van der Waals surface area (Å²) in [6.07, 6.45) is -4.44. The van der Waals surface area contributed by atoms with E-state index >= 15 is 0 Å². The number of aromatic hydroxyl groups is 2. The number of carbonyl (C=O) groups excluding carboxylic acids is 8. The summed E-state index contributed by atoms with van der Waals surface area (Å²) in [6, 6.07) is 3.46. The van der Waals surface area contributed by atoms with Gasteiger partial charge in [0.25, 0.3) is 0 Å². The number of hydrogen-bond acceptors (Lipinski definition) is 16. The minimum atomic E-state index is -1.39. The van der Waals surface area contributed by atoms with Gasteiger partial charge in [0.1, 0.15) is 57.6 Å². The van der Waals surface area contributed by atoms with Crippen LogP contribution in [0.15, 0.2) is 48.7 Å². The predicted octanol–water partition coefficient (Wildman–Crippen LogP) is 5.95. The molecule has 0 radical (unpaired) electrons. The Balaban J connectivity index is 2.06. The highest BCUT2D eigenvalue weighted by atomic mass is 16.6. The molecule has 80 heavy (non-hydrogen) atoms. The molecule has 8 amide bonds. The Hall–Kier alpha value is -7.66. The van der Waals surface area contributed by atoms with E-state index in [2.05, 4.69) is 54.4 Å². The molecule has 0 aliphatic carbocycles. The van der Waals surface area contributed by atoms with E-state index in [-0.39, 0.29) is 81.0 Å². The van der Waals surface area contributed by atoms with Crippen LogP contribution in [0.1, 0.15) is 134 Å². The molecule has 3 rings (SSSR count). The Bertz CT molecular complexity index is 2490. The van der Waals surface area contributed by atoms with Crippen molar-refractivity contribution in [2.75, 3.05) is 26.2 Å². The SMILES string of the molecule is C=C1NC(C(=O)NCCC(NC(=O)OC(C)(C)C)C(=O)NC(CNC(=O)OC(C)(C)C)CNC(=O)OC(C)(C)C)Cc2cc(ccc2O)-c2ccc(O)c(c2)C[C@H](NC(=O)OC(C)(C)C)C(=O)N[C@H]1CCCNC(=O)OC(C)(C)C. The molecule has 11 N–H and O–H groups in total. The average Bonchev–Trinajstić information content (AvgIpc) is 3.28. The standard InChI is InChI=1S/C56H87N9O15/c1-32-38(18-17-24-58-47(71)76-52(2,3)4)63-46(70)41(65-51(75)80-56(14,15)16)29-36-27-34(20-22-43(36)67)33-19-21-42(66)35(26-33)28-40(61-32)44(68)57-25-23-39(64-50(74)79-55(11,12)13)45(69)62-37(30-59-48(72)77-53(5,6)7)31-60-49(73)78-54(8,9)10/h19-22,26-27,37-41,61,66-67H,1,17-18,23-25,28-31H2,2-16H3,(H,57,68)(H,58,71)(H,59,72)(H,60,73)(H,62,69)(H,63,70)(H,64,74)(H,65,75)/t38-,39?,40?,41-/m0/s1. The first kappa shape index (κ1) is 66.6. The largest absolute Gasteiger partial charge is 0.508 e. The molecule has 1 heterocycles. The van der Waals surface area contributed by atoms with Crippen molar-refractivity contribution >= 4 is 48.2 Å². The Morgan fingerprint density at radius 1 is 0.588 bits per heavy atom. The smallest absolute Gasteiger partial charge is 0.408 e. The van der Waals surface area contributed by atoms with Gasteiger partial charge in [-0.2, -0.15) is 0 Å². The van der Waals surface area contributed by atoms with Gasteiger partial charge >= 0.3 is 30.5 Å². The Morgan fingerprint density at radius 3 is 1.52 bits per heavy atom. The zero-order valence-corrected chi connectivity index (χ0v) is 49.1. The van der Waals surface area contributed by atoms with Crippen LogP contribution in [0.3, 0.4) is 0 Å². The number of fused-ring (bicyclic) bond motifs is 5. The van der Waals surface area contributed by atoms with Crippen LogP contribution in [0.25, 0.3) is 11.1 Å². The summed E-state index contributed by atoms with van der Waals surface area (Å²) >= 11 is 0. The van der Waals surface area contributed by atoms with Crippen molar-refractivity contribution in [1.29, 1.82) is 0 Å². The minimum Gasteiger partial charge on any atom is -0.508 e. The van der Waals surface area contributed by atoms with Crippen molar-refractivity contribution in [3.63, 3.8) is 0 Å². The third kappa shape index (κ3) is 25.9. The first-order valence-electron chi connectivity index (χ1n) is 26.6. The Kier molecular flexibility index (Phi) is 23.7. The predicted molar refractivity (Wildman–Crippen MR) is 298 cm³/mol. The summed E-state index contributed by atoms with van der Waals surface area (Å²) in [6.45, 7) is 28.6. The van der Waals surface area contributed by atoms with E-state index < -0.39 is 106 Å². The number of alkyl carbamates (subject to hydrolysis) is 5. The van der Waals surface area contributed by atoms with Crippen LogP contribution in [-0.4, -0.2) is 143 Å². The normalized spacial score (nSPS) is 16.6. The monoisotopic (exact) mass is 1130 g/mol. The lowest BCUT2D eigenvalue weighted by molar-refractivity contribution is -0.125. The number of carbonyl (C=O) groups is 8. The molecule has 4 bridgehead atoms. The molecule has 24 nitrogen and oxygen atoms in total. The Labute approximate surface area is 469 Å². The van der Waals surface area contributed by atoms with Crippen LogP contribution in [-0.2, 0) is 50.9 Å². The Morgan fingerprint density at radius 2 is 1.04 bits per heavy atom. The second-order valence-electron chi connectivity index (χ2n) is 24.4. The average molecular weight is 1130 g/mol. The maximum absolute atomic E-state index is 14.6. The quantitative estimate of drug-likeness (QED) is 0.0683.